The smallest absolute Gasteiger partial charge is 0.315 e. The van der Waals surface area contributed by atoms with Gasteiger partial charge in [0.2, 0.25) is 0 Å². The topological polar surface area (TPSA) is 87.7 Å². The maximum atomic E-state index is 12.1. The molecule has 2 amide bonds. The Morgan fingerprint density at radius 3 is 2.80 bits per heavy atom. The molecule has 2 rings (SSSR count). The number of hydrogen-bond acceptors (Lipinski definition) is 4. The average molecular weight is 278 g/mol. The number of phenolic OH excluding ortho intramolecular Hbond substituents is 1. The summed E-state index contributed by atoms with van der Waals surface area (Å²) in [7, 11) is 0. The summed E-state index contributed by atoms with van der Waals surface area (Å²) in [6.45, 7) is 3.78. The first-order valence-corrected chi connectivity index (χ1v) is 6.55. The van der Waals surface area contributed by atoms with Gasteiger partial charge in [-0.15, -0.1) is 0 Å². The van der Waals surface area contributed by atoms with Crippen LogP contribution in [0.25, 0.3) is 0 Å². The lowest BCUT2D eigenvalue weighted by molar-refractivity contribution is -0.150. The summed E-state index contributed by atoms with van der Waals surface area (Å²) < 4.78 is 5.08. The van der Waals surface area contributed by atoms with Gasteiger partial charge in [0.15, 0.2) is 0 Å². The molecule has 0 saturated carbocycles. The zero-order valence-corrected chi connectivity index (χ0v) is 11.4. The van der Waals surface area contributed by atoms with Crippen molar-refractivity contribution in [2.24, 2.45) is 5.92 Å². The molecule has 6 nitrogen and oxygen atoms in total. The summed E-state index contributed by atoms with van der Waals surface area (Å²) in [5.41, 5.74) is 0.671. The van der Waals surface area contributed by atoms with Gasteiger partial charge in [-0.3, -0.25) is 4.79 Å². The number of hydrogen-bond donors (Lipinski definition) is 3. The highest BCUT2D eigenvalue weighted by Crippen LogP contribution is 2.30. The van der Waals surface area contributed by atoms with Crippen molar-refractivity contribution in [1.29, 1.82) is 0 Å². The van der Waals surface area contributed by atoms with Crippen LogP contribution in [-0.4, -0.2) is 29.8 Å². The highest BCUT2D eigenvalue weighted by molar-refractivity contribution is 5.82. The number of phenols is 1. The second kappa shape index (κ2) is 5.81. The van der Waals surface area contributed by atoms with Gasteiger partial charge in [-0.25, -0.2) is 4.79 Å². The number of urea groups is 1. The zero-order valence-electron chi connectivity index (χ0n) is 11.4. The number of esters is 1. The zero-order chi connectivity index (χ0) is 14.7. The third kappa shape index (κ3) is 2.84. The van der Waals surface area contributed by atoms with E-state index in [0.29, 0.717) is 5.56 Å². The van der Waals surface area contributed by atoms with Crippen LogP contribution in [0.2, 0.25) is 0 Å². The van der Waals surface area contributed by atoms with E-state index in [9.17, 15) is 14.7 Å². The van der Waals surface area contributed by atoms with Crippen molar-refractivity contribution in [2.75, 3.05) is 6.61 Å². The van der Waals surface area contributed by atoms with Crippen LogP contribution in [0.15, 0.2) is 24.3 Å². The van der Waals surface area contributed by atoms with Crippen LogP contribution >= 0.6 is 0 Å². The van der Waals surface area contributed by atoms with Gasteiger partial charge in [-0.05, 0) is 31.5 Å². The molecule has 0 bridgehead atoms. The number of amides is 2. The van der Waals surface area contributed by atoms with Crippen LogP contribution in [0.4, 0.5) is 4.79 Å². The number of nitrogens with one attached hydrogen (secondary N) is 2. The van der Waals surface area contributed by atoms with E-state index in [4.69, 9.17) is 4.74 Å². The molecule has 1 aromatic carbocycles. The Morgan fingerprint density at radius 1 is 1.40 bits per heavy atom. The predicted octanol–water partition coefficient (Wildman–Crippen LogP) is 1.31. The van der Waals surface area contributed by atoms with E-state index in [1.165, 1.54) is 12.1 Å². The lowest BCUT2D eigenvalue weighted by Gasteiger charge is -2.36. The van der Waals surface area contributed by atoms with Gasteiger partial charge in [-0.2, -0.15) is 0 Å². The first-order valence-electron chi connectivity index (χ1n) is 6.55. The van der Waals surface area contributed by atoms with Gasteiger partial charge in [-0.1, -0.05) is 12.1 Å². The molecular weight excluding hydrogens is 260 g/mol. The molecule has 0 aliphatic carbocycles. The van der Waals surface area contributed by atoms with E-state index >= 15 is 0 Å². The molecule has 3 unspecified atom stereocenters. The summed E-state index contributed by atoms with van der Waals surface area (Å²) >= 11 is 0. The fourth-order valence-corrected chi connectivity index (χ4v) is 2.45. The summed E-state index contributed by atoms with van der Waals surface area (Å²) in [6.07, 6.45) is 0. The van der Waals surface area contributed by atoms with Crippen molar-refractivity contribution >= 4 is 12.0 Å². The second-order valence-corrected chi connectivity index (χ2v) is 4.76. The van der Waals surface area contributed by atoms with Gasteiger partial charge in [0.05, 0.1) is 12.6 Å². The Morgan fingerprint density at radius 2 is 2.15 bits per heavy atom. The summed E-state index contributed by atoms with van der Waals surface area (Å²) in [5, 5.41) is 14.9. The summed E-state index contributed by atoms with van der Waals surface area (Å²) in [6, 6.07) is 5.29. The number of ether oxygens (including phenoxy) is 1. The fraction of sp³-hybridized carbons (Fsp3) is 0.429. The molecule has 108 valence electrons. The molecule has 1 heterocycles. The normalized spacial score (nSPS) is 25.5. The quantitative estimate of drug-likeness (QED) is 0.727. The minimum Gasteiger partial charge on any atom is -0.508 e. The van der Waals surface area contributed by atoms with Crippen LogP contribution in [0.5, 0.6) is 5.75 Å². The van der Waals surface area contributed by atoms with Gasteiger partial charge >= 0.3 is 12.0 Å². The molecule has 20 heavy (non-hydrogen) atoms. The molecule has 1 fully saturated rings. The molecule has 1 saturated heterocycles. The van der Waals surface area contributed by atoms with E-state index in [0.717, 1.165) is 0 Å². The molecule has 0 spiro atoms. The molecule has 3 N–H and O–H groups in total. The molecule has 1 aromatic rings. The first-order chi connectivity index (χ1) is 9.52. The van der Waals surface area contributed by atoms with Crippen LogP contribution in [0.1, 0.15) is 25.5 Å². The van der Waals surface area contributed by atoms with Crippen LogP contribution in [0.3, 0.4) is 0 Å². The molecule has 0 aromatic heterocycles. The maximum Gasteiger partial charge on any atom is 0.315 e. The third-order valence-electron chi connectivity index (χ3n) is 3.33. The van der Waals surface area contributed by atoms with Crippen LogP contribution in [0, 0.1) is 5.92 Å². The van der Waals surface area contributed by atoms with Gasteiger partial charge in [0, 0.05) is 6.04 Å². The molecule has 0 radical (unpaired) electrons. The SMILES string of the molecule is CCOC(=O)C1C(C)NC(=O)NC1c1cccc(O)c1. The number of benzene rings is 1. The first kappa shape index (κ1) is 14.2. The highest BCUT2D eigenvalue weighted by Gasteiger charge is 2.40. The molecule has 3 atom stereocenters. The summed E-state index contributed by atoms with van der Waals surface area (Å²) in [4.78, 5) is 23.7. The number of carbonyl (C=O) groups excluding carboxylic acids is 2. The monoisotopic (exact) mass is 278 g/mol. The Kier molecular flexibility index (Phi) is 4.12. The van der Waals surface area contributed by atoms with Gasteiger partial charge < -0.3 is 20.5 Å². The Hall–Kier alpha value is -2.24. The summed E-state index contributed by atoms with van der Waals surface area (Å²) in [5.74, 6) is -0.833. The fourth-order valence-electron chi connectivity index (χ4n) is 2.45. The Labute approximate surface area is 117 Å². The van der Waals surface area contributed by atoms with E-state index in [-0.39, 0.29) is 30.4 Å². The predicted molar refractivity (Wildman–Crippen MR) is 72.1 cm³/mol. The number of rotatable bonds is 3. The third-order valence-corrected chi connectivity index (χ3v) is 3.33. The van der Waals surface area contributed by atoms with Crippen molar-refractivity contribution in [3.8, 4) is 5.75 Å². The van der Waals surface area contributed by atoms with Crippen molar-refractivity contribution < 1.29 is 19.4 Å². The van der Waals surface area contributed by atoms with Crippen molar-refractivity contribution in [2.45, 2.75) is 25.9 Å². The van der Waals surface area contributed by atoms with Gasteiger partial charge in [0.1, 0.15) is 11.7 Å². The second-order valence-electron chi connectivity index (χ2n) is 4.76. The van der Waals surface area contributed by atoms with Crippen molar-refractivity contribution in [1.82, 2.24) is 10.6 Å². The van der Waals surface area contributed by atoms with E-state index in [1.807, 2.05) is 0 Å². The molecule has 1 aliphatic rings. The van der Waals surface area contributed by atoms with Crippen LogP contribution < -0.4 is 10.6 Å². The van der Waals surface area contributed by atoms with Crippen LogP contribution in [-0.2, 0) is 9.53 Å². The lowest BCUT2D eigenvalue weighted by atomic mass is 9.86. The number of aromatic hydroxyl groups is 1. The van der Waals surface area contributed by atoms with E-state index in [1.54, 1.807) is 26.0 Å². The van der Waals surface area contributed by atoms with E-state index < -0.39 is 12.0 Å². The van der Waals surface area contributed by atoms with Crippen molar-refractivity contribution in [3.63, 3.8) is 0 Å². The minimum atomic E-state index is -0.547. The molecular formula is C14H18N2O4. The lowest BCUT2D eigenvalue weighted by Crippen LogP contribution is -2.57. The van der Waals surface area contributed by atoms with Crippen molar-refractivity contribution in [3.05, 3.63) is 29.8 Å². The number of carbonyl (C=O) groups is 2. The maximum absolute atomic E-state index is 12.1. The minimum absolute atomic E-state index is 0.0885. The largest absolute Gasteiger partial charge is 0.508 e. The average Bonchev–Trinajstić information content (AvgIpc) is 2.37. The van der Waals surface area contributed by atoms with E-state index in [2.05, 4.69) is 10.6 Å². The Bertz CT molecular complexity index is 518. The molecule has 6 heteroatoms. The Balaban J connectivity index is 2.34. The molecule has 1 aliphatic heterocycles. The van der Waals surface area contributed by atoms with Gasteiger partial charge in [0.25, 0.3) is 0 Å². The standard InChI is InChI=1S/C14H18N2O4/c1-3-20-13(18)11-8(2)15-14(19)16-12(11)9-5-4-6-10(17)7-9/h4-8,11-12,17H,3H2,1-2H3,(H2,15,16,19). The highest BCUT2D eigenvalue weighted by atomic mass is 16.5.